The molecule has 16 heavy (non-hydrogen) atoms. The van der Waals surface area contributed by atoms with Gasteiger partial charge in [0.2, 0.25) is 0 Å². The maximum atomic E-state index is 11.9. The van der Waals surface area contributed by atoms with Crippen LogP contribution >= 0.6 is 0 Å². The van der Waals surface area contributed by atoms with Gasteiger partial charge >= 0.3 is 5.69 Å². The first-order valence-corrected chi connectivity index (χ1v) is 4.90. The number of aromatic nitrogens is 3. The second-order valence-electron chi connectivity index (χ2n) is 3.50. The molecule has 3 rings (SSSR count). The molecule has 0 fully saturated rings. The summed E-state index contributed by atoms with van der Waals surface area (Å²) in [7, 11) is 0. The van der Waals surface area contributed by atoms with Crippen LogP contribution in [0.5, 0.6) is 0 Å². The molecule has 0 aliphatic carbocycles. The van der Waals surface area contributed by atoms with Crippen molar-refractivity contribution in [3.63, 3.8) is 0 Å². The lowest BCUT2D eigenvalue weighted by atomic mass is 10.3. The van der Waals surface area contributed by atoms with Crippen LogP contribution in [0, 0.1) is 0 Å². The van der Waals surface area contributed by atoms with E-state index in [0.717, 1.165) is 5.56 Å². The van der Waals surface area contributed by atoms with E-state index in [-0.39, 0.29) is 5.69 Å². The molecular weight excluding hydrogens is 206 g/mol. The average Bonchev–Trinajstić information content (AvgIpc) is 2.90. The van der Waals surface area contributed by atoms with E-state index in [4.69, 9.17) is 4.42 Å². The standard InChI is InChI=1S/C11H9N3O2/c15-11-13-5-2-1-3-10(13)12-14(11)7-9-4-6-16-8-9/h1-6,8H,7H2. The zero-order valence-electron chi connectivity index (χ0n) is 8.41. The van der Waals surface area contributed by atoms with Gasteiger partial charge in [-0.05, 0) is 18.2 Å². The highest BCUT2D eigenvalue weighted by Crippen LogP contribution is 2.02. The second-order valence-corrected chi connectivity index (χ2v) is 3.50. The molecule has 0 bridgehead atoms. The molecule has 0 unspecified atom stereocenters. The molecule has 5 nitrogen and oxygen atoms in total. The number of pyridine rings is 1. The predicted octanol–water partition coefficient (Wildman–Crippen LogP) is 1.14. The van der Waals surface area contributed by atoms with Crippen LogP contribution in [0.4, 0.5) is 0 Å². The monoisotopic (exact) mass is 215 g/mol. The lowest BCUT2D eigenvalue weighted by Crippen LogP contribution is -2.21. The first-order valence-electron chi connectivity index (χ1n) is 4.90. The molecule has 0 spiro atoms. The van der Waals surface area contributed by atoms with Gasteiger partial charge in [0.25, 0.3) is 0 Å². The molecule has 0 saturated carbocycles. The Morgan fingerprint density at radius 3 is 3.00 bits per heavy atom. The molecule has 3 heterocycles. The topological polar surface area (TPSA) is 52.4 Å². The third-order valence-corrected chi connectivity index (χ3v) is 2.40. The summed E-state index contributed by atoms with van der Waals surface area (Å²) in [5, 5.41) is 4.21. The van der Waals surface area contributed by atoms with Crippen LogP contribution in [0.2, 0.25) is 0 Å². The van der Waals surface area contributed by atoms with E-state index in [9.17, 15) is 4.79 Å². The minimum Gasteiger partial charge on any atom is -0.472 e. The number of furan rings is 1. The summed E-state index contributed by atoms with van der Waals surface area (Å²) in [6.45, 7) is 0.428. The third kappa shape index (κ3) is 1.33. The number of hydrogen-bond acceptors (Lipinski definition) is 3. The van der Waals surface area contributed by atoms with E-state index in [2.05, 4.69) is 5.10 Å². The molecule has 0 atom stereocenters. The van der Waals surface area contributed by atoms with Crippen molar-refractivity contribution in [2.75, 3.05) is 0 Å². The van der Waals surface area contributed by atoms with Crippen molar-refractivity contribution in [3.8, 4) is 0 Å². The van der Waals surface area contributed by atoms with Gasteiger partial charge in [-0.15, -0.1) is 5.10 Å². The van der Waals surface area contributed by atoms with Crippen LogP contribution < -0.4 is 5.69 Å². The van der Waals surface area contributed by atoms with Gasteiger partial charge in [0.15, 0.2) is 5.65 Å². The highest BCUT2D eigenvalue weighted by Gasteiger charge is 2.06. The van der Waals surface area contributed by atoms with Crippen molar-refractivity contribution >= 4 is 5.65 Å². The smallest absolute Gasteiger partial charge is 0.350 e. The molecule has 0 aliphatic heterocycles. The SMILES string of the molecule is O=c1n(Cc2ccoc2)nc2ccccn12. The molecular formula is C11H9N3O2. The predicted molar refractivity (Wildman–Crippen MR) is 57.3 cm³/mol. The lowest BCUT2D eigenvalue weighted by molar-refractivity contribution is 0.558. The van der Waals surface area contributed by atoms with Crippen molar-refractivity contribution in [2.45, 2.75) is 6.54 Å². The summed E-state index contributed by atoms with van der Waals surface area (Å²) >= 11 is 0. The summed E-state index contributed by atoms with van der Waals surface area (Å²) < 4.78 is 7.88. The highest BCUT2D eigenvalue weighted by atomic mass is 16.3. The number of rotatable bonds is 2. The molecule has 0 saturated heterocycles. The van der Waals surface area contributed by atoms with Crippen LogP contribution in [-0.4, -0.2) is 14.2 Å². The van der Waals surface area contributed by atoms with Gasteiger partial charge < -0.3 is 4.42 Å². The molecule has 3 aromatic heterocycles. The van der Waals surface area contributed by atoms with Crippen molar-refractivity contribution < 1.29 is 4.42 Å². The third-order valence-electron chi connectivity index (χ3n) is 2.40. The summed E-state index contributed by atoms with van der Waals surface area (Å²) in [5.41, 5.74) is 1.43. The molecule has 80 valence electrons. The molecule has 0 N–H and O–H groups in total. The van der Waals surface area contributed by atoms with Crippen LogP contribution in [0.1, 0.15) is 5.56 Å². The zero-order valence-corrected chi connectivity index (χ0v) is 8.41. The molecule has 0 amide bonds. The van der Waals surface area contributed by atoms with Crippen LogP contribution in [-0.2, 0) is 6.54 Å². The van der Waals surface area contributed by atoms with E-state index in [0.29, 0.717) is 12.2 Å². The Morgan fingerprint density at radius 1 is 1.31 bits per heavy atom. The summed E-state index contributed by atoms with van der Waals surface area (Å²) in [6.07, 6.45) is 4.89. The second kappa shape index (κ2) is 3.37. The first-order chi connectivity index (χ1) is 7.84. The fourth-order valence-corrected chi connectivity index (χ4v) is 1.63. The van der Waals surface area contributed by atoms with Gasteiger partial charge in [-0.2, -0.15) is 0 Å². The van der Waals surface area contributed by atoms with Crippen molar-refractivity contribution in [2.24, 2.45) is 0 Å². The Kier molecular flexibility index (Phi) is 1.89. The first kappa shape index (κ1) is 8.96. The van der Waals surface area contributed by atoms with E-state index in [1.54, 1.807) is 30.9 Å². The van der Waals surface area contributed by atoms with Gasteiger partial charge in [-0.25, -0.2) is 9.48 Å². The van der Waals surface area contributed by atoms with Crippen molar-refractivity contribution in [3.05, 3.63) is 59.0 Å². The zero-order chi connectivity index (χ0) is 11.0. The van der Waals surface area contributed by atoms with E-state index >= 15 is 0 Å². The van der Waals surface area contributed by atoms with Gasteiger partial charge in [0, 0.05) is 11.8 Å². The Labute approximate surface area is 90.5 Å². The Hall–Kier alpha value is -2.30. The van der Waals surface area contributed by atoms with E-state index in [1.165, 1.54) is 9.08 Å². The summed E-state index contributed by atoms with van der Waals surface area (Å²) in [5.74, 6) is 0. The van der Waals surface area contributed by atoms with Crippen LogP contribution in [0.25, 0.3) is 5.65 Å². The quantitative estimate of drug-likeness (QED) is 0.644. The fraction of sp³-hybridized carbons (Fsp3) is 0.0909. The van der Waals surface area contributed by atoms with Gasteiger partial charge in [0.05, 0.1) is 19.1 Å². The van der Waals surface area contributed by atoms with E-state index < -0.39 is 0 Å². The largest absolute Gasteiger partial charge is 0.472 e. The summed E-state index contributed by atoms with van der Waals surface area (Å²) in [6, 6.07) is 7.27. The van der Waals surface area contributed by atoms with Crippen molar-refractivity contribution in [1.29, 1.82) is 0 Å². The van der Waals surface area contributed by atoms with Gasteiger partial charge in [-0.3, -0.25) is 4.40 Å². The fourth-order valence-electron chi connectivity index (χ4n) is 1.63. The average molecular weight is 215 g/mol. The molecule has 5 heteroatoms. The Bertz CT molecular complexity index is 664. The number of nitrogens with zero attached hydrogens (tertiary/aromatic N) is 3. The van der Waals surface area contributed by atoms with Gasteiger partial charge in [0.1, 0.15) is 0 Å². The lowest BCUT2D eigenvalue weighted by Gasteiger charge is -1.93. The normalized spacial score (nSPS) is 11.0. The maximum Gasteiger partial charge on any atom is 0.350 e. The van der Waals surface area contributed by atoms with Crippen LogP contribution in [0.3, 0.4) is 0 Å². The minimum absolute atomic E-state index is 0.142. The van der Waals surface area contributed by atoms with Gasteiger partial charge in [-0.1, -0.05) is 6.07 Å². The number of hydrogen-bond donors (Lipinski definition) is 0. The summed E-state index contributed by atoms with van der Waals surface area (Å²) in [4.78, 5) is 11.9. The highest BCUT2D eigenvalue weighted by molar-refractivity contribution is 5.35. The minimum atomic E-state index is -0.142. The molecule has 0 radical (unpaired) electrons. The Morgan fingerprint density at radius 2 is 2.25 bits per heavy atom. The number of fused-ring (bicyclic) bond motifs is 1. The van der Waals surface area contributed by atoms with Crippen LogP contribution in [0.15, 0.2) is 52.2 Å². The Balaban J connectivity index is 2.11. The molecule has 0 aliphatic rings. The van der Waals surface area contributed by atoms with Crippen molar-refractivity contribution in [1.82, 2.24) is 14.2 Å². The van der Waals surface area contributed by atoms with E-state index in [1.807, 2.05) is 12.1 Å². The molecule has 3 aromatic rings. The molecule has 0 aromatic carbocycles. The maximum absolute atomic E-state index is 11.9.